The molecule has 0 saturated carbocycles. The number of carboxylic acids is 1. The Balaban J connectivity index is 1.81. The van der Waals surface area contributed by atoms with Crippen molar-refractivity contribution in [3.05, 3.63) is 71.3 Å². The molecule has 0 radical (unpaired) electrons. The first-order chi connectivity index (χ1) is 19.5. The lowest BCUT2D eigenvalue weighted by Gasteiger charge is -2.25. The van der Waals surface area contributed by atoms with E-state index in [0.29, 0.717) is 42.6 Å². The summed E-state index contributed by atoms with van der Waals surface area (Å²) in [6, 6.07) is 11.9. The van der Waals surface area contributed by atoms with E-state index in [9.17, 15) is 19.8 Å². The zero-order chi connectivity index (χ0) is 30.0. The Kier molecular flexibility index (Phi) is 11.7. The van der Waals surface area contributed by atoms with Gasteiger partial charge in [-0.15, -0.1) is 0 Å². The first kappa shape index (κ1) is 32.1. The zero-order valence-corrected chi connectivity index (χ0v) is 24.2. The maximum absolute atomic E-state index is 13.0. The maximum atomic E-state index is 13.0. The molecule has 2 N–H and O–H groups in total. The number of aliphatic hydroxyl groups is 1. The van der Waals surface area contributed by atoms with Gasteiger partial charge in [0, 0.05) is 13.2 Å². The standard InChI is InChI=1S/C31H40O10/c1-20(32)11-9-15-24(39-30(35)21-12-7-6-8-13-21)28-25(40-31(2,3)41-28)16-10-14-22-17-23(37-5)18-26(38-19-36-4)27(22)29(33)34/h6-9,12-13,15,17-18,20,24-25,28,32H,10-11,14,16,19H2,1-5H3,(H,33,34)/b15-9-/t20-,24?,25-,28+/m0/s1. The second kappa shape index (κ2) is 15.0. The zero-order valence-electron chi connectivity index (χ0n) is 24.2. The molecule has 3 rings (SSSR count). The van der Waals surface area contributed by atoms with Gasteiger partial charge in [-0.25, -0.2) is 9.59 Å². The van der Waals surface area contributed by atoms with Crippen LogP contribution in [0.25, 0.3) is 0 Å². The number of rotatable bonds is 15. The molecule has 0 aliphatic carbocycles. The van der Waals surface area contributed by atoms with Crippen LogP contribution in [0.2, 0.25) is 0 Å². The number of hydrogen-bond donors (Lipinski definition) is 2. The summed E-state index contributed by atoms with van der Waals surface area (Å²) in [5.74, 6) is -1.94. The van der Waals surface area contributed by atoms with Crippen molar-refractivity contribution in [2.75, 3.05) is 21.0 Å². The van der Waals surface area contributed by atoms with E-state index in [1.807, 2.05) is 6.07 Å². The van der Waals surface area contributed by atoms with Crippen LogP contribution in [0.4, 0.5) is 0 Å². The number of benzene rings is 2. The summed E-state index contributed by atoms with van der Waals surface area (Å²) >= 11 is 0. The summed E-state index contributed by atoms with van der Waals surface area (Å²) in [5, 5.41) is 19.7. The van der Waals surface area contributed by atoms with Gasteiger partial charge in [0.05, 0.1) is 24.9 Å². The number of ether oxygens (including phenoxy) is 6. The fourth-order valence-electron chi connectivity index (χ4n) is 4.69. The largest absolute Gasteiger partial charge is 0.497 e. The van der Waals surface area contributed by atoms with Gasteiger partial charge in [-0.1, -0.05) is 24.3 Å². The monoisotopic (exact) mass is 572 g/mol. The maximum Gasteiger partial charge on any atom is 0.339 e. The molecule has 4 atom stereocenters. The minimum absolute atomic E-state index is 0.0408. The second-order valence-electron chi connectivity index (χ2n) is 10.3. The van der Waals surface area contributed by atoms with E-state index in [2.05, 4.69) is 0 Å². The van der Waals surface area contributed by atoms with Gasteiger partial charge >= 0.3 is 11.9 Å². The van der Waals surface area contributed by atoms with Crippen molar-refractivity contribution in [2.45, 2.75) is 76.7 Å². The van der Waals surface area contributed by atoms with Gasteiger partial charge < -0.3 is 38.6 Å². The minimum atomic E-state index is -1.12. The van der Waals surface area contributed by atoms with Gasteiger partial charge in [-0.2, -0.15) is 0 Å². The van der Waals surface area contributed by atoms with Gasteiger partial charge in [0.1, 0.15) is 29.3 Å². The quantitative estimate of drug-likeness (QED) is 0.175. The highest BCUT2D eigenvalue weighted by molar-refractivity contribution is 5.93. The molecular weight excluding hydrogens is 532 g/mol. The first-order valence-corrected chi connectivity index (χ1v) is 13.6. The van der Waals surface area contributed by atoms with E-state index < -0.39 is 42.1 Å². The van der Waals surface area contributed by atoms with Crippen molar-refractivity contribution in [3.8, 4) is 11.5 Å². The minimum Gasteiger partial charge on any atom is -0.497 e. The van der Waals surface area contributed by atoms with E-state index in [1.165, 1.54) is 20.3 Å². The smallest absolute Gasteiger partial charge is 0.339 e. The molecule has 10 nitrogen and oxygen atoms in total. The van der Waals surface area contributed by atoms with E-state index in [-0.39, 0.29) is 18.1 Å². The van der Waals surface area contributed by atoms with Crippen molar-refractivity contribution >= 4 is 11.9 Å². The normalized spacial score (nSPS) is 19.6. The summed E-state index contributed by atoms with van der Waals surface area (Å²) in [5.41, 5.74) is 0.988. The molecule has 1 saturated heterocycles. The molecule has 0 spiro atoms. The van der Waals surface area contributed by atoms with Gasteiger partial charge in [0.15, 0.2) is 12.6 Å². The number of esters is 1. The summed E-state index contributed by atoms with van der Waals surface area (Å²) < 4.78 is 34.2. The summed E-state index contributed by atoms with van der Waals surface area (Å²) in [6.07, 6.45) is 2.84. The fourth-order valence-corrected chi connectivity index (χ4v) is 4.69. The molecule has 224 valence electrons. The SMILES string of the molecule is COCOc1cc(OC)cc(CCC[C@@H]2OC(C)(C)O[C@@H]2C(/C=C\C[C@H](C)O)OC(=O)c2ccccc2)c1C(=O)O. The van der Waals surface area contributed by atoms with Crippen molar-refractivity contribution < 1.29 is 48.2 Å². The Hall–Kier alpha value is -3.44. The van der Waals surface area contributed by atoms with E-state index in [4.69, 9.17) is 28.4 Å². The summed E-state index contributed by atoms with van der Waals surface area (Å²) in [7, 11) is 2.95. The lowest BCUT2D eigenvalue weighted by molar-refractivity contribution is -0.153. The Labute approximate surface area is 240 Å². The predicted molar refractivity (Wildman–Crippen MR) is 150 cm³/mol. The number of carboxylic acid groups (broad SMARTS) is 1. The lowest BCUT2D eigenvalue weighted by atomic mass is 9.96. The number of aromatic carboxylic acids is 1. The van der Waals surface area contributed by atoms with Crippen LogP contribution in [0.5, 0.6) is 11.5 Å². The molecule has 2 aromatic rings. The van der Waals surface area contributed by atoms with Crippen LogP contribution in [-0.2, 0) is 25.4 Å². The van der Waals surface area contributed by atoms with Crippen molar-refractivity contribution in [3.63, 3.8) is 0 Å². The van der Waals surface area contributed by atoms with Crippen molar-refractivity contribution in [2.24, 2.45) is 0 Å². The van der Waals surface area contributed by atoms with Crippen molar-refractivity contribution in [1.82, 2.24) is 0 Å². The first-order valence-electron chi connectivity index (χ1n) is 13.6. The second-order valence-corrected chi connectivity index (χ2v) is 10.3. The highest BCUT2D eigenvalue weighted by Gasteiger charge is 2.45. The van der Waals surface area contributed by atoms with Gasteiger partial charge in [0.2, 0.25) is 0 Å². The number of aliphatic hydroxyl groups excluding tert-OH is 1. The number of hydrogen-bond acceptors (Lipinski definition) is 9. The molecule has 1 aliphatic heterocycles. The number of methoxy groups -OCH3 is 2. The third kappa shape index (κ3) is 9.29. The Bertz CT molecular complexity index is 1170. The topological polar surface area (TPSA) is 130 Å². The molecule has 0 aromatic heterocycles. The van der Waals surface area contributed by atoms with Crippen LogP contribution in [0, 0.1) is 0 Å². The third-order valence-electron chi connectivity index (χ3n) is 6.47. The van der Waals surface area contributed by atoms with Crippen LogP contribution in [0.3, 0.4) is 0 Å². The molecule has 1 aliphatic rings. The predicted octanol–water partition coefficient (Wildman–Crippen LogP) is 4.77. The van der Waals surface area contributed by atoms with Gasteiger partial charge in [-0.05, 0) is 76.3 Å². The van der Waals surface area contributed by atoms with Gasteiger partial charge in [-0.3, -0.25) is 0 Å². The van der Waals surface area contributed by atoms with Gasteiger partial charge in [0.25, 0.3) is 0 Å². The van der Waals surface area contributed by atoms with Crippen LogP contribution in [0.15, 0.2) is 54.6 Å². The molecule has 10 heteroatoms. The molecule has 1 unspecified atom stereocenters. The molecule has 1 heterocycles. The highest BCUT2D eigenvalue weighted by atomic mass is 16.8. The number of carbonyl (C=O) groups is 2. The number of carbonyl (C=O) groups excluding carboxylic acids is 1. The average molecular weight is 573 g/mol. The number of aryl methyl sites for hydroxylation is 1. The summed E-state index contributed by atoms with van der Waals surface area (Å²) in [6.45, 7) is 5.15. The Morgan fingerprint density at radius 3 is 2.49 bits per heavy atom. The molecule has 0 bridgehead atoms. The Morgan fingerprint density at radius 2 is 1.85 bits per heavy atom. The van der Waals surface area contributed by atoms with Crippen LogP contribution < -0.4 is 9.47 Å². The molecule has 0 amide bonds. The van der Waals surface area contributed by atoms with Crippen molar-refractivity contribution in [1.29, 1.82) is 0 Å². The molecule has 2 aromatic carbocycles. The van der Waals surface area contributed by atoms with E-state index >= 15 is 0 Å². The third-order valence-corrected chi connectivity index (χ3v) is 6.47. The lowest BCUT2D eigenvalue weighted by Crippen LogP contribution is -2.37. The average Bonchev–Trinajstić information content (AvgIpc) is 3.24. The van der Waals surface area contributed by atoms with E-state index in [1.54, 1.807) is 63.3 Å². The van der Waals surface area contributed by atoms with Crippen LogP contribution in [0.1, 0.15) is 66.3 Å². The molecule has 1 fully saturated rings. The fraction of sp³-hybridized carbons (Fsp3) is 0.484. The van der Waals surface area contributed by atoms with Crippen LogP contribution >= 0.6 is 0 Å². The molecule has 41 heavy (non-hydrogen) atoms. The highest BCUT2D eigenvalue weighted by Crippen LogP contribution is 2.35. The Morgan fingerprint density at radius 1 is 1.12 bits per heavy atom. The molecular formula is C31H40O10. The van der Waals surface area contributed by atoms with Crippen LogP contribution in [-0.4, -0.2) is 73.4 Å². The van der Waals surface area contributed by atoms with E-state index in [0.717, 1.165) is 0 Å². The summed E-state index contributed by atoms with van der Waals surface area (Å²) in [4.78, 5) is 25.1.